The quantitative estimate of drug-likeness (QED) is 0.908. The second kappa shape index (κ2) is 6.18. The van der Waals surface area contributed by atoms with Gasteiger partial charge in [-0.2, -0.15) is 5.26 Å². The number of ether oxygens (including phenoxy) is 1. The van der Waals surface area contributed by atoms with Crippen LogP contribution in [0.15, 0.2) is 48.5 Å². The molecule has 0 bridgehead atoms. The van der Waals surface area contributed by atoms with Crippen LogP contribution in [0, 0.1) is 11.3 Å². The topological polar surface area (TPSA) is 65.3 Å². The van der Waals surface area contributed by atoms with E-state index in [0.29, 0.717) is 0 Å². The van der Waals surface area contributed by atoms with E-state index in [-0.39, 0.29) is 24.6 Å². The van der Waals surface area contributed by atoms with Crippen LogP contribution in [0.25, 0.3) is 11.1 Å². The molecule has 1 fully saturated rings. The van der Waals surface area contributed by atoms with Gasteiger partial charge in [-0.1, -0.05) is 36.4 Å². The van der Waals surface area contributed by atoms with Gasteiger partial charge in [-0.05, 0) is 28.8 Å². The fourth-order valence-corrected chi connectivity index (χ4v) is 2.94. The average molecular weight is 294 g/mol. The van der Waals surface area contributed by atoms with Crippen LogP contribution in [0.2, 0.25) is 0 Å². The summed E-state index contributed by atoms with van der Waals surface area (Å²) in [6.45, 7) is 0.0447. The molecular formula is C18H18N2O2. The maximum Gasteiger partial charge on any atom is 0.118 e. The fraction of sp³-hybridized carbons (Fsp3) is 0.278. The Morgan fingerprint density at radius 2 is 1.68 bits per heavy atom. The number of aliphatic hydroxyl groups is 1. The van der Waals surface area contributed by atoms with Gasteiger partial charge in [0.15, 0.2) is 0 Å². The molecule has 112 valence electrons. The Labute approximate surface area is 130 Å². The highest BCUT2D eigenvalue weighted by atomic mass is 16.5. The molecule has 0 saturated carbocycles. The van der Waals surface area contributed by atoms with Crippen LogP contribution in [0.3, 0.4) is 0 Å². The summed E-state index contributed by atoms with van der Waals surface area (Å²) in [7, 11) is 1.65. The molecule has 22 heavy (non-hydrogen) atoms. The van der Waals surface area contributed by atoms with Crippen molar-refractivity contribution >= 4 is 0 Å². The van der Waals surface area contributed by atoms with E-state index in [9.17, 15) is 5.11 Å². The van der Waals surface area contributed by atoms with Crippen LogP contribution in [0.1, 0.15) is 11.5 Å². The van der Waals surface area contributed by atoms with Crippen LogP contribution >= 0.6 is 0 Å². The first-order chi connectivity index (χ1) is 10.8. The summed E-state index contributed by atoms with van der Waals surface area (Å²) in [6, 6.07) is 18.1. The number of nitriles is 1. The van der Waals surface area contributed by atoms with Gasteiger partial charge in [-0.25, -0.2) is 0 Å². The van der Waals surface area contributed by atoms with E-state index >= 15 is 0 Å². The fourth-order valence-electron chi connectivity index (χ4n) is 2.94. The Morgan fingerprint density at radius 1 is 1.09 bits per heavy atom. The van der Waals surface area contributed by atoms with Gasteiger partial charge in [0.25, 0.3) is 0 Å². The molecule has 0 amide bonds. The molecule has 3 atom stereocenters. The van der Waals surface area contributed by atoms with Crippen LogP contribution in [0.4, 0.5) is 0 Å². The molecule has 0 unspecified atom stereocenters. The third-order valence-electron chi connectivity index (χ3n) is 4.24. The summed E-state index contributed by atoms with van der Waals surface area (Å²) in [5, 5.41) is 21.5. The van der Waals surface area contributed by atoms with Crippen molar-refractivity contribution in [2.45, 2.75) is 18.0 Å². The van der Waals surface area contributed by atoms with Gasteiger partial charge in [0.05, 0.1) is 19.8 Å². The van der Waals surface area contributed by atoms with Crippen LogP contribution in [0.5, 0.6) is 5.75 Å². The monoisotopic (exact) mass is 294 g/mol. The number of nitrogens with zero attached hydrogens (tertiary/aromatic N) is 1. The zero-order valence-electron chi connectivity index (χ0n) is 12.4. The van der Waals surface area contributed by atoms with Crippen molar-refractivity contribution in [2.24, 2.45) is 0 Å². The molecule has 1 saturated heterocycles. The smallest absolute Gasteiger partial charge is 0.118 e. The number of rotatable bonds is 4. The Hall–Kier alpha value is -2.35. The minimum Gasteiger partial charge on any atom is -0.497 e. The van der Waals surface area contributed by atoms with E-state index in [1.54, 1.807) is 7.11 Å². The molecule has 2 aromatic rings. The van der Waals surface area contributed by atoms with Crippen molar-refractivity contribution in [1.82, 2.24) is 5.32 Å². The van der Waals surface area contributed by atoms with E-state index in [0.717, 1.165) is 22.4 Å². The molecule has 0 spiro atoms. The van der Waals surface area contributed by atoms with Crippen molar-refractivity contribution in [3.8, 4) is 22.9 Å². The van der Waals surface area contributed by atoms with Crippen molar-refractivity contribution in [2.75, 3.05) is 13.7 Å². The minimum atomic E-state index is -0.219. The summed E-state index contributed by atoms with van der Waals surface area (Å²) in [5.41, 5.74) is 3.32. The van der Waals surface area contributed by atoms with Crippen LogP contribution in [-0.2, 0) is 0 Å². The van der Waals surface area contributed by atoms with Gasteiger partial charge < -0.3 is 9.84 Å². The van der Waals surface area contributed by atoms with Gasteiger partial charge in [0, 0.05) is 12.0 Å². The lowest BCUT2D eigenvalue weighted by Gasteiger charge is -2.41. The van der Waals surface area contributed by atoms with Crippen LogP contribution in [-0.4, -0.2) is 30.9 Å². The minimum absolute atomic E-state index is 0.0310. The van der Waals surface area contributed by atoms with E-state index in [1.807, 2.05) is 36.4 Å². The maximum absolute atomic E-state index is 9.33. The van der Waals surface area contributed by atoms with Crippen molar-refractivity contribution in [3.63, 3.8) is 0 Å². The van der Waals surface area contributed by atoms with Gasteiger partial charge in [-0.15, -0.1) is 0 Å². The first-order valence-electron chi connectivity index (χ1n) is 7.27. The van der Waals surface area contributed by atoms with Crippen LogP contribution < -0.4 is 10.1 Å². The Morgan fingerprint density at radius 3 is 2.18 bits per heavy atom. The van der Waals surface area contributed by atoms with E-state index in [1.165, 1.54) is 0 Å². The summed E-state index contributed by atoms with van der Waals surface area (Å²) in [5.74, 6) is 0.892. The largest absolute Gasteiger partial charge is 0.497 e. The standard InChI is InChI=1S/C18H18N2O2/c1-22-15-8-6-13(7-9-15)12-2-4-14(5-3-12)18-16(10-19)20-17(18)11-21/h2-9,16-18,20-21H,11H2,1H3/t16-,17+,18-/m1/s1. The lowest BCUT2D eigenvalue weighted by atomic mass is 9.78. The molecule has 2 aromatic carbocycles. The van der Waals surface area contributed by atoms with E-state index < -0.39 is 0 Å². The Bertz CT molecular complexity index is 674. The van der Waals surface area contributed by atoms with Crippen molar-refractivity contribution < 1.29 is 9.84 Å². The molecule has 0 aromatic heterocycles. The highest BCUT2D eigenvalue weighted by Gasteiger charge is 2.41. The third-order valence-corrected chi connectivity index (χ3v) is 4.24. The summed E-state index contributed by atoms with van der Waals surface area (Å²) >= 11 is 0. The summed E-state index contributed by atoms with van der Waals surface area (Å²) < 4.78 is 5.16. The van der Waals surface area contributed by atoms with Crippen molar-refractivity contribution in [1.29, 1.82) is 5.26 Å². The molecule has 3 rings (SSSR count). The molecule has 0 aliphatic carbocycles. The number of methoxy groups -OCH3 is 1. The van der Waals surface area contributed by atoms with Crippen molar-refractivity contribution in [3.05, 3.63) is 54.1 Å². The maximum atomic E-state index is 9.33. The lowest BCUT2D eigenvalue weighted by molar-refractivity contribution is 0.151. The normalized spacial score (nSPS) is 23.4. The Kier molecular flexibility index (Phi) is 4.10. The molecule has 1 aliphatic rings. The average Bonchev–Trinajstić information content (AvgIpc) is 2.55. The molecule has 4 heteroatoms. The molecule has 1 heterocycles. The first-order valence-corrected chi connectivity index (χ1v) is 7.27. The van der Waals surface area contributed by atoms with Gasteiger partial charge in [0.2, 0.25) is 0 Å². The first kappa shape index (κ1) is 14.6. The molecule has 1 aliphatic heterocycles. The lowest BCUT2D eigenvalue weighted by Crippen LogP contribution is -2.60. The predicted octanol–water partition coefficient (Wildman–Crippen LogP) is 2.30. The second-order valence-electron chi connectivity index (χ2n) is 5.44. The summed E-state index contributed by atoms with van der Waals surface area (Å²) in [4.78, 5) is 0. The number of nitrogens with one attached hydrogen (secondary N) is 1. The molecule has 4 nitrogen and oxygen atoms in total. The van der Waals surface area contributed by atoms with E-state index in [4.69, 9.17) is 10.00 Å². The zero-order chi connectivity index (χ0) is 15.5. The molecular weight excluding hydrogens is 276 g/mol. The Balaban J connectivity index is 1.81. The number of benzene rings is 2. The SMILES string of the molecule is COc1ccc(-c2ccc([C@H]3[C@H](CO)N[C@@H]3C#N)cc2)cc1. The van der Waals surface area contributed by atoms with Gasteiger partial charge >= 0.3 is 0 Å². The molecule has 0 radical (unpaired) electrons. The zero-order valence-corrected chi connectivity index (χ0v) is 12.4. The van der Waals surface area contributed by atoms with Gasteiger partial charge in [-0.3, -0.25) is 5.32 Å². The highest BCUT2D eigenvalue weighted by molar-refractivity contribution is 5.64. The number of hydrogen-bond acceptors (Lipinski definition) is 4. The second-order valence-corrected chi connectivity index (χ2v) is 5.44. The number of hydrogen-bond donors (Lipinski definition) is 2. The summed E-state index contributed by atoms with van der Waals surface area (Å²) in [6.07, 6.45) is 0. The predicted molar refractivity (Wildman–Crippen MR) is 84.6 cm³/mol. The highest BCUT2D eigenvalue weighted by Crippen LogP contribution is 2.33. The van der Waals surface area contributed by atoms with Gasteiger partial charge in [0.1, 0.15) is 11.8 Å². The van der Waals surface area contributed by atoms with E-state index in [2.05, 4.69) is 23.5 Å². The third kappa shape index (κ3) is 2.57. The molecule has 2 N–H and O–H groups in total. The number of aliphatic hydroxyl groups excluding tert-OH is 1.